The van der Waals surface area contributed by atoms with Gasteiger partial charge in [0.05, 0.1) is 28.9 Å². The molecule has 144 valence electrons. The lowest BCUT2D eigenvalue weighted by Crippen LogP contribution is -2.19. The van der Waals surface area contributed by atoms with E-state index >= 15 is 0 Å². The molecule has 2 aromatic heterocycles. The molecule has 0 saturated carbocycles. The van der Waals surface area contributed by atoms with Crippen molar-refractivity contribution in [2.24, 2.45) is 13.0 Å². The third-order valence-electron chi connectivity index (χ3n) is 5.17. The maximum atomic E-state index is 12.8. The van der Waals surface area contributed by atoms with Crippen molar-refractivity contribution in [3.63, 3.8) is 0 Å². The molecule has 0 bridgehead atoms. The average Bonchev–Trinajstić information content (AvgIpc) is 3.09. The van der Waals surface area contributed by atoms with Crippen molar-refractivity contribution >= 4 is 17.2 Å². The highest BCUT2D eigenvalue weighted by molar-refractivity contribution is 5.89. The second kappa shape index (κ2) is 6.91. The standard InChI is InChI=1S/C22H18N4O3/c1-13-20(16-7-9-17(10-8-16)22(28)29)21-25(2)18(11-19(27)26(21)24-13)15-5-3-14(12-23)4-6-15/h3,5-11,14H,4H2,1-2H3,(H,28,29). The summed E-state index contributed by atoms with van der Waals surface area (Å²) in [6.07, 6.45) is 6.28. The van der Waals surface area contributed by atoms with Gasteiger partial charge in [0.2, 0.25) is 0 Å². The van der Waals surface area contributed by atoms with Crippen LogP contribution >= 0.6 is 0 Å². The van der Waals surface area contributed by atoms with Crippen LogP contribution in [0.1, 0.15) is 28.2 Å². The number of aromatic carboxylic acids is 1. The molecule has 29 heavy (non-hydrogen) atoms. The lowest BCUT2D eigenvalue weighted by Gasteiger charge is -2.16. The van der Waals surface area contributed by atoms with Crippen LogP contribution < -0.4 is 5.56 Å². The van der Waals surface area contributed by atoms with Gasteiger partial charge in [0, 0.05) is 18.7 Å². The van der Waals surface area contributed by atoms with Crippen molar-refractivity contribution < 1.29 is 9.90 Å². The average molecular weight is 386 g/mol. The summed E-state index contributed by atoms with van der Waals surface area (Å²) >= 11 is 0. The third kappa shape index (κ3) is 3.05. The van der Waals surface area contributed by atoms with Gasteiger partial charge in [-0.05, 0) is 36.6 Å². The van der Waals surface area contributed by atoms with E-state index in [1.54, 1.807) is 18.2 Å². The summed E-state index contributed by atoms with van der Waals surface area (Å²) in [6.45, 7) is 1.82. The number of aryl methyl sites for hydroxylation is 2. The molecule has 0 spiro atoms. The molecule has 0 amide bonds. The molecule has 1 aromatic carbocycles. The van der Waals surface area contributed by atoms with Crippen LogP contribution in [-0.4, -0.2) is 25.3 Å². The number of nitriles is 1. The molecule has 1 atom stereocenters. The van der Waals surface area contributed by atoms with Gasteiger partial charge in [-0.2, -0.15) is 14.9 Å². The summed E-state index contributed by atoms with van der Waals surface area (Å²) in [7, 11) is 1.87. The summed E-state index contributed by atoms with van der Waals surface area (Å²) in [6, 6.07) is 10.3. The van der Waals surface area contributed by atoms with Crippen LogP contribution in [0.3, 0.4) is 0 Å². The molecule has 1 aliphatic rings. The largest absolute Gasteiger partial charge is 0.478 e. The molecule has 3 aromatic rings. The molecule has 7 heteroatoms. The number of benzene rings is 1. The number of carbonyl (C=O) groups is 1. The number of carboxylic acids is 1. The maximum absolute atomic E-state index is 12.8. The Labute approximate surface area is 166 Å². The number of fused-ring (bicyclic) bond motifs is 1. The summed E-state index contributed by atoms with van der Waals surface area (Å²) < 4.78 is 3.27. The summed E-state index contributed by atoms with van der Waals surface area (Å²) in [5.41, 5.74) is 4.43. The van der Waals surface area contributed by atoms with E-state index in [-0.39, 0.29) is 17.0 Å². The Kier molecular flexibility index (Phi) is 4.40. The van der Waals surface area contributed by atoms with E-state index in [1.807, 2.05) is 36.8 Å². The Hall–Kier alpha value is -3.92. The zero-order chi connectivity index (χ0) is 20.7. The van der Waals surface area contributed by atoms with Gasteiger partial charge in [-0.25, -0.2) is 4.79 Å². The zero-order valence-corrected chi connectivity index (χ0v) is 16.0. The second-order valence-corrected chi connectivity index (χ2v) is 7.00. The molecular weight excluding hydrogens is 368 g/mol. The molecule has 0 aliphatic heterocycles. The monoisotopic (exact) mass is 386 g/mol. The number of nitrogens with zero attached hydrogens (tertiary/aromatic N) is 4. The number of hydrogen-bond donors (Lipinski definition) is 1. The van der Waals surface area contributed by atoms with Crippen molar-refractivity contribution in [3.05, 3.63) is 75.9 Å². The fourth-order valence-electron chi connectivity index (χ4n) is 3.67. The molecule has 7 nitrogen and oxygen atoms in total. The Morgan fingerprint density at radius 2 is 2.03 bits per heavy atom. The van der Waals surface area contributed by atoms with E-state index in [2.05, 4.69) is 11.2 Å². The smallest absolute Gasteiger partial charge is 0.335 e. The number of allylic oxidation sites excluding steroid dienone is 4. The quantitative estimate of drug-likeness (QED) is 0.745. The molecule has 2 heterocycles. The third-order valence-corrected chi connectivity index (χ3v) is 5.17. The van der Waals surface area contributed by atoms with Crippen molar-refractivity contribution in [1.82, 2.24) is 14.2 Å². The topological polar surface area (TPSA) is 100 Å². The molecule has 4 rings (SSSR count). The summed E-state index contributed by atoms with van der Waals surface area (Å²) in [5, 5.41) is 22.6. The zero-order valence-electron chi connectivity index (χ0n) is 16.0. The first-order valence-corrected chi connectivity index (χ1v) is 9.12. The predicted octanol–water partition coefficient (Wildman–Crippen LogP) is 3.19. The first-order chi connectivity index (χ1) is 13.9. The van der Waals surface area contributed by atoms with Gasteiger partial charge in [-0.15, -0.1) is 0 Å². The molecular formula is C22H18N4O3. The number of carboxylic acid groups (broad SMARTS) is 1. The van der Waals surface area contributed by atoms with E-state index in [9.17, 15) is 9.59 Å². The van der Waals surface area contributed by atoms with Crippen LogP contribution in [0, 0.1) is 24.2 Å². The van der Waals surface area contributed by atoms with E-state index in [0.29, 0.717) is 17.8 Å². The van der Waals surface area contributed by atoms with Gasteiger partial charge in [-0.1, -0.05) is 30.4 Å². The maximum Gasteiger partial charge on any atom is 0.335 e. The van der Waals surface area contributed by atoms with E-state index < -0.39 is 5.97 Å². The Bertz CT molecular complexity index is 1300. The minimum atomic E-state index is -0.991. The normalized spacial score (nSPS) is 15.9. The molecule has 0 fully saturated rings. The minimum Gasteiger partial charge on any atom is -0.478 e. The van der Waals surface area contributed by atoms with Crippen molar-refractivity contribution in [1.29, 1.82) is 5.26 Å². The first kappa shape index (κ1) is 18.4. The Balaban J connectivity index is 1.92. The van der Waals surface area contributed by atoms with E-state index in [0.717, 1.165) is 22.4 Å². The molecule has 0 saturated heterocycles. The van der Waals surface area contributed by atoms with E-state index in [1.165, 1.54) is 16.6 Å². The van der Waals surface area contributed by atoms with Crippen LogP contribution in [0.5, 0.6) is 0 Å². The van der Waals surface area contributed by atoms with Gasteiger partial charge < -0.3 is 9.67 Å². The number of rotatable bonds is 3. The van der Waals surface area contributed by atoms with Crippen molar-refractivity contribution in [2.75, 3.05) is 0 Å². The highest BCUT2D eigenvalue weighted by Gasteiger charge is 2.19. The van der Waals surface area contributed by atoms with Crippen LogP contribution in [0.2, 0.25) is 0 Å². The number of hydrogen-bond acceptors (Lipinski definition) is 4. The highest BCUT2D eigenvalue weighted by Crippen LogP contribution is 2.30. The predicted molar refractivity (Wildman–Crippen MR) is 108 cm³/mol. The SMILES string of the molecule is Cc1nn2c(=O)cc(C3=CCC(C#N)C=C3)n(C)c2c1-c1ccc(C(=O)O)cc1. The number of aromatic nitrogens is 3. The van der Waals surface area contributed by atoms with Crippen LogP contribution in [0.25, 0.3) is 22.3 Å². The van der Waals surface area contributed by atoms with E-state index in [4.69, 9.17) is 10.4 Å². The Morgan fingerprint density at radius 1 is 1.31 bits per heavy atom. The van der Waals surface area contributed by atoms with Gasteiger partial charge in [0.15, 0.2) is 0 Å². The van der Waals surface area contributed by atoms with Crippen molar-refractivity contribution in [2.45, 2.75) is 13.3 Å². The van der Waals surface area contributed by atoms with Crippen molar-refractivity contribution in [3.8, 4) is 17.2 Å². The highest BCUT2D eigenvalue weighted by atomic mass is 16.4. The molecule has 0 radical (unpaired) electrons. The second-order valence-electron chi connectivity index (χ2n) is 7.00. The fraction of sp³-hybridized carbons (Fsp3) is 0.182. The van der Waals surface area contributed by atoms with Crippen LogP contribution in [-0.2, 0) is 7.05 Å². The van der Waals surface area contributed by atoms with Gasteiger partial charge in [0.25, 0.3) is 5.56 Å². The van der Waals surface area contributed by atoms with Crippen LogP contribution in [0.4, 0.5) is 0 Å². The summed E-state index contributed by atoms with van der Waals surface area (Å²) in [5.74, 6) is -1.14. The fourth-order valence-corrected chi connectivity index (χ4v) is 3.67. The molecule has 1 unspecified atom stereocenters. The van der Waals surface area contributed by atoms with Gasteiger partial charge in [0.1, 0.15) is 5.65 Å². The first-order valence-electron chi connectivity index (χ1n) is 9.12. The van der Waals surface area contributed by atoms with Gasteiger partial charge >= 0.3 is 5.97 Å². The summed E-state index contributed by atoms with van der Waals surface area (Å²) in [4.78, 5) is 23.9. The minimum absolute atomic E-state index is 0.153. The van der Waals surface area contributed by atoms with Crippen LogP contribution in [0.15, 0.2) is 53.4 Å². The lowest BCUT2D eigenvalue weighted by molar-refractivity contribution is 0.0697. The Morgan fingerprint density at radius 3 is 2.62 bits per heavy atom. The lowest BCUT2D eigenvalue weighted by atomic mass is 9.96. The van der Waals surface area contributed by atoms with Gasteiger partial charge in [-0.3, -0.25) is 4.79 Å². The molecule has 1 aliphatic carbocycles. The molecule has 1 N–H and O–H groups in total.